The maximum Gasteiger partial charge on any atom is 0.261 e. The number of nitrogens with zero attached hydrogens (tertiary/aromatic N) is 4. The van der Waals surface area contributed by atoms with Crippen molar-refractivity contribution < 1.29 is 9.53 Å². The van der Waals surface area contributed by atoms with Gasteiger partial charge in [-0.25, -0.2) is 4.98 Å². The van der Waals surface area contributed by atoms with Gasteiger partial charge in [-0.2, -0.15) is 0 Å². The van der Waals surface area contributed by atoms with E-state index in [0.29, 0.717) is 23.2 Å². The van der Waals surface area contributed by atoms with Gasteiger partial charge in [0.2, 0.25) is 0 Å². The smallest absolute Gasteiger partial charge is 0.261 e. The highest BCUT2D eigenvalue weighted by Gasteiger charge is 2.39. The minimum Gasteiger partial charge on any atom is -0.484 e. The molecule has 3 aliphatic rings. The first-order valence-electron chi connectivity index (χ1n) is 12.4. The van der Waals surface area contributed by atoms with Gasteiger partial charge in [0.25, 0.3) is 11.5 Å². The second kappa shape index (κ2) is 9.43. The molecule has 0 bridgehead atoms. The Balaban J connectivity index is 1.21. The molecule has 5 rings (SSSR count). The molecule has 1 amide bonds. The zero-order valence-electron chi connectivity index (χ0n) is 19.6. The first kappa shape index (κ1) is 22.3. The number of hydrogen-bond acceptors (Lipinski definition) is 6. The fraction of sp³-hybridized carbons (Fsp3) is 0.640. The molecular weight excluding hydrogens is 418 g/mol. The maximum atomic E-state index is 12.8. The molecular formula is C25H35N5O3. The second-order valence-corrected chi connectivity index (χ2v) is 9.91. The van der Waals surface area contributed by atoms with E-state index in [4.69, 9.17) is 4.74 Å². The summed E-state index contributed by atoms with van der Waals surface area (Å²) in [5, 5.41) is 3.71. The van der Waals surface area contributed by atoms with Crippen LogP contribution in [0.1, 0.15) is 44.3 Å². The van der Waals surface area contributed by atoms with Crippen molar-refractivity contribution in [1.29, 1.82) is 0 Å². The van der Waals surface area contributed by atoms with E-state index in [9.17, 15) is 9.59 Å². The summed E-state index contributed by atoms with van der Waals surface area (Å²) in [6.07, 6.45) is 7.82. The zero-order valence-corrected chi connectivity index (χ0v) is 19.6. The average Bonchev–Trinajstić information content (AvgIpc) is 3.32. The Hall–Kier alpha value is -2.45. The van der Waals surface area contributed by atoms with E-state index in [1.54, 1.807) is 16.7 Å². The maximum absolute atomic E-state index is 12.8. The largest absolute Gasteiger partial charge is 0.484 e. The summed E-state index contributed by atoms with van der Waals surface area (Å²) in [6.45, 7) is 5.63. The molecule has 2 aromatic rings. The number of aryl methyl sites for hydroxylation is 1. The molecule has 178 valence electrons. The van der Waals surface area contributed by atoms with Crippen LogP contribution in [0.25, 0.3) is 10.9 Å². The lowest BCUT2D eigenvalue weighted by Crippen LogP contribution is -2.61. The quantitative estimate of drug-likeness (QED) is 0.719. The fourth-order valence-corrected chi connectivity index (χ4v) is 5.71. The molecule has 0 spiro atoms. The van der Waals surface area contributed by atoms with E-state index < -0.39 is 0 Å². The van der Waals surface area contributed by atoms with Gasteiger partial charge < -0.3 is 15.0 Å². The van der Waals surface area contributed by atoms with Crippen LogP contribution < -0.4 is 15.6 Å². The molecule has 2 aliphatic heterocycles. The summed E-state index contributed by atoms with van der Waals surface area (Å²) in [7, 11) is 2.18. The highest BCUT2D eigenvalue weighted by Crippen LogP contribution is 2.34. The fourth-order valence-electron chi connectivity index (χ4n) is 5.71. The van der Waals surface area contributed by atoms with Crippen LogP contribution in [0.2, 0.25) is 0 Å². The highest BCUT2D eigenvalue weighted by atomic mass is 16.5. The number of nitrogens with one attached hydrogen (secondary N) is 1. The van der Waals surface area contributed by atoms with Crippen LogP contribution >= 0.6 is 0 Å². The van der Waals surface area contributed by atoms with Gasteiger partial charge in [0.15, 0.2) is 6.61 Å². The lowest BCUT2D eigenvalue weighted by Gasteiger charge is -2.49. The summed E-state index contributed by atoms with van der Waals surface area (Å²) >= 11 is 0. The van der Waals surface area contributed by atoms with E-state index in [-0.39, 0.29) is 23.6 Å². The highest BCUT2D eigenvalue weighted by molar-refractivity contribution is 5.80. The Morgan fingerprint density at radius 1 is 1.09 bits per heavy atom. The summed E-state index contributed by atoms with van der Waals surface area (Å²) in [6, 6.07) is 5.32. The van der Waals surface area contributed by atoms with Crippen LogP contribution in [-0.2, 0) is 17.8 Å². The molecule has 1 aromatic heterocycles. The first-order valence-corrected chi connectivity index (χ1v) is 12.4. The molecule has 1 saturated carbocycles. The monoisotopic (exact) mass is 453 g/mol. The molecule has 1 saturated heterocycles. The number of fused-ring (bicyclic) bond motifs is 2. The van der Waals surface area contributed by atoms with Gasteiger partial charge in [0.1, 0.15) is 11.6 Å². The van der Waals surface area contributed by atoms with Gasteiger partial charge >= 0.3 is 0 Å². The number of hydrogen-bond donors (Lipinski definition) is 1. The van der Waals surface area contributed by atoms with E-state index in [1.165, 1.54) is 19.3 Å². The number of ether oxygens (including phenoxy) is 1. The molecule has 3 heterocycles. The summed E-state index contributed by atoms with van der Waals surface area (Å²) in [5.74, 6) is 1.28. The minimum absolute atomic E-state index is 0.0196. The summed E-state index contributed by atoms with van der Waals surface area (Å²) in [5.41, 5.74) is 0.740. The van der Waals surface area contributed by atoms with Crippen molar-refractivity contribution in [1.82, 2.24) is 24.7 Å². The standard InChI is InChI=1S/C25H35N5O3/c1-28-12-14-29(15-13-28)25(9-3-2-4-10-25)18-26-23(31)17-33-19-7-8-21-20(16-19)24(32)30-11-5-6-22(30)27-21/h7-8,16H,2-6,9-15,17-18H2,1H3,(H,26,31). The van der Waals surface area contributed by atoms with Crippen molar-refractivity contribution in [2.45, 2.75) is 57.0 Å². The van der Waals surface area contributed by atoms with Crippen LogP contribution in [0.3, 0.4) is 0 Å². The SMILES string of the molecule is CN1CCN(C2(CNC(=O)COc3ccc4nc5n(c(=O)c4c3)CCC5)CCCCC2)CC1. The number of piperazine rings is 1. The molecule has 8 nitrogen and oxygen atoms in total. The average molecular weight is 454 g/mol. The van der Waals surface area contributed by atoms with Crippen LogP contribution in [0.5, 0.6) is 5.75 Å². The number of rotatable bonds is 6. The molecule has 1 aromatic carbocycles. The Kier molecular flexibility index (Phi) is 6.38. The van der Waals surface area contributed by atoms with E-state index >= 15 is 0 Å². The molecule has 0 unspecified atom stereocenters. The third-order valence-corrected chi connectivity index (χ3v) is 7.73. The molecule has 0 radical (unpaired) electrons. The number of carbonyl (C=O) groups is 1. The van der Waals surface area contributed by atoms with Crippen LogP contribution in [0, 0.1) is 0 Å². The third-order valence-electron chi connectivity index (χ3n) is 7.73. The van der Waals surface area contributed by atoms with Crippen molar-refractivity contribution >= 4 is 16.8 Å². The Labute approximate surface area is 194 Å². The predicted octanol–water partition coefficient (Wildman–Crippen LogP) is 1.79. The number of carbonyl (C=O) groups excluding carboxylic acids is 1. The predicted molar refractivity (Wildman–Crippen MR) is 128 cm³/mol. The van der Waals surface area contributed by atoms with E-state index in [2.05, 4.69) is 27.1 Å². The van der Waals surface area contributed by atoms with Crippen LogP contribution in [0.4, 0.5) is 0 Å². The van der Waals surface area contributed by atoms with Crippen LogP contribution in [-0.4, -0.2) is 77.2 Å². The van der Waals surface area contributed by atoms with Crippen molar-refractivity contribution in [3.05, 3.63) is 34.4 Å². The molecule has 1 N–H and O–H groups in total. The number of benzene rings is 1. The van der Waals surface area contributed by atoms with E-state index in [1.807, 2.05) is 6.07 Å². The van der Waals surface area contributed by atoms with Gasteiger partial charge in [-0.05, 0) is 44.5 Å². The van der Waals surface area contributed by atoms with Crippen molar-refractivity contribution in [2.24, 2.45) is 0 Å². The lowest BCUT2D eigenvalue weighted by atomic mass is 9.79. The number of aromatic nitrogens is 2. The molecule has 33 heavy (non-hydrogen) atoms. The normalized spacial score (nSPS) is 21.1. The van der Waals surface area contributed by atoms with E-state index in [0.717, 1.165) is 64.2 Å². The van der Waals surface area contributed by atoms with Crippen molar-refractivity contribution in [3.8, 4) is 5.75 Å². The molecule has 0 atom stereocenters. The van der Waals surface area contributed by atoms with Gasteiger partial charge in [0.05, 0.1) is 10.9 Å². The topological polar surface area (TPSA) is 79.7 Å². The number of amides is 1. The van der Waals surface area contributed by atoms with Crippen LogP contribution in [0.15, 0.2) is 23.0 Å². The Morgan fingerprint density at radius 3 is 2.67 bits per heavy atom. The van der Waals surface area contributed by atoms with Crippen molar-refractivity contribution in [2.75, 3.05) is 46.4 Å². The Morgan fingerprint density at radius 2 is 1.88 bits per heavy atom. The summed E-state index contributed by atoms with van der Waals surface area (Å²) < 4.78 is 7.53. The number of likely N-dealkylation sites (N-methyl/N-ethyl adjacent to an activating group) is 1. The third kappa shape index (κ3) is 4.64. The Bertz CT molecular complexity index is 1070. The van der Waals surface area contributed by atoms with Gasteiger partial charge in [-0.3, -0.25) is 19.1 Å². The van der Waals surface area contributed by atoms with Gasteiger partial charge in [-0.1, -0.05) is 19.3 Å². The zero-order chi connectivity index (χ0) is 22.8. The second-order valence-electron chi connectivity index (χ2n) is 9.91. The van der Waals surface area contributed by atoms with Crippen molar-refractivity contribution in [3.63, 3.8) is 0 Å². The first-order chi connectivity index (χ1) is 16.0. The lowest BCUT2D eigenvalue weighted by molar-refractivity contribution is -0.124. The van der Waals surface area contributed by atoms with Gasteiger partial charge in [-0.15, -0.1) is 0 Å². The minimum atomic E-state index is -0.113. The van der Waals surface area contributed by atoms with Gasteiger partial charge in [0, 0.05) is 51.2 Å². The molecule has 8 heteroatoms. The molecule has 2 fully saturated rings. The molecule has 1 aliphatic carbocycles. The summed E-state index contributed by atoms with van der Waals surface area (Å²) in [4.78, 5) is 35.0.